The number of amides is 3. The largest absolute Gasteiger partial charge is 0.493 e. The molecule has 12 heteroatoms. The van der Waals surface area contributed by atoms with Crippen molar-refractivity contribution in [1.29, 1.82) is 0 Å². The first kappa shape index (κ1) is 27.3. The number of hydrogen-bond donors (Lipinski definition) is 3. The van der Waals surface area contributed by atoms with E-state index in [1.807, 2.05) is 6.92 Å². The summed E-state index contributed by atoms with van der Waals surface area (Å²) in [4.78, 5) is 36.4. The van der Waals surface area contributed by atoms with Gasteiger partial charge in [-0.25, -0.2) is 5.43 Å². The zero-order chi connectivity index (χ0) is 27.8. The SMILES string of the molecule is COc1cc(/C=N\NC(=O)C(=O)NCc2ccc3c(c2)OCO3)ccc1OCC(=O)Nc1ccc(C)c(Cl)c1. The second-order valence-electron chi connectivity index (χ2n) is 8.28. The molecule has 3 N–H and O–H groups in total. The third kappa shape index (κ3) is 7.39. The molecule has 39 heavy (non-hydrogen) atoms. The fraction of sp³-hybridized carbons (Fsp3) is 0.185. The smallest absolute Gasteiger partial charge is 0.329 e. The molecule has 0 radical (unpaired) electrons. The molecule has 11 nitrogen and oxygen atoms in total. The molecule has 3 amide bonds. The van der Waals surface area contributed by atoms with Crippen LogP contribution in [-0.2, 0) is 20.9 Å². The Kier molecular flexibility index (Phi) is 8.85. The number of rotatable bonds is 9. The van der Waals surface area contributed by atoms with Gasteiger partial charge in [0, 0.05) is 17.3 Å². The van der Waals surface area contributed by atoms with Crippen LogP contribution in [0.2, 0.25) is 5.02 Å². The molecule has 0 saturated heterocycles. The molecule has 0 spiro atoms. The van der Waals surface area contributed by atoms with Gasteiger partial charge in [0.25, 0.3) is 5.91 Å². The van der Waals surface area contributed by atoms with Crippen LogP contribution in [0, 0.1) is 6.92 Å². The van der Waals surface area contributed by atoms with Crippen molar-refractivity contribution in [3.8, 4) is 23.0 Å². The third-order valence-corrected chi connectivity index (χ3v) is 5.89. The third-order valence-electron chi connectivity index (χ3n) is 5.48. The molecule has 0 saturated carbocycles. The van der Waals surface area contributed by atoms with E-state index in [1.54, 1.807) is 54.6 Å². The van der Waals surface area contributed by atoms with Gasteiger partial charge in [-0.05, 0) is 66.1 Å². The van der Waals surface area contributed by atoms with E-state index in [0.29, 0.717) is 39.3 Å². The van der Waals surface area contributed by atoms with Gasteiger partial charge in [-0.15, -0.1) is 0 Å². The highest BCUT2D eigenvalue weighted by Gasteiger charge is 2.16. The monoisotopic (exact) mass is 552 g/mol. The first-order chi connectivity index (χ1) is 18.8. The molecule has 202 valence electrons. The molecule has 0 fully saturated rings. The molecule has 0 aliphatic carbocycles. The highest BCUT2D eigenvalue weighted by molar-refractivity contribution is 6.35. The zero-order valence-electron chi connectivity index (χ0n) is 21.1. The number of fused-ring (bicyclic) bond motifs is 1. The van der Waals surface area contributed by atoms with E-state index in [-0.39, 0.29) is 25.9 Å². The number of nitrogens with zero attached hydrogens (tertiary/aromatic N) is 1. The maximum Gasteiger partial charge on any atom is 0.329 e. The van der Waals surface area contributed by atoms with Crippen molar-refractivity contribution in [2.45, 2.75) is 13.5 Å². The topological polar surface area (TPSA) is 137 Å². The second-order valence-corrected chi connectivity index (χ2v) is 8.69. The number of benzene rings is 3. The standard InChI is InChI=1S/C27H25ClN4O7/c1-16-3-6-19(11-20(16)28)31-25(33)14-37-21-7-5-18(9-23(21)36-2)13-30-32-27(35)26(34)29-12-17-4-8-22-24(10-17)39-15-38-22/h3-11,13H,12,14-15H2,1-2H3,(H,29,34)(H,31,33)(H,32,35)/b30-13-. The molecule has 3 aromatic rings. The first-order valence-corrected chi connectivity index (χ1v) is 12.1. The maximum absolute atomic E-state index is 12.3. The number of ether oxygens (including phenoxy) is 4. The number of anilines is 1. The summed E-state index contributed by atoms with van der Waals surface area (Å²) >= 11 is 6.09. The Morgan fingerprint density at radius 1 is 1.00 bits per heavy atom. The summed E-state index contributed by atoms with van der Waals surface area (Å²) in [6.07, 6.45) is 1.34. The van der Waals surface area contributed by atoms with Gasteiger partial charge in [0.2, 0.25) is 6.79 Å². The van der Waals surface area contributed by atoms with Gasteiger partial charge >= 0.3 is 11.8 Å². The minimum atomic E-state index is -0.931. The van der Waals surface area contributed by atoms with E-state index in [0.717, 1.165) is 11.1 Å². The van der Waals surface area contributed by atoms with E-state index in [4.69, 9.17) is 30.5 Å². The first-order valence-electron chi connectivity index (χ1n) is 11.7. The highest BCUT2D eigenvalue weighted by atomic mass is 35.5. The van der Waals surface area contributed by atoms with Crippen LogP contribution in [0.1, 0.15) is 16.7 Å². The highest BCUT2D eigenvalue weighted by Crippen LogP contribution is 2.32. The Morgan fingerprint density at radius 2 is 1.82 bits per heavy atom. The molecule has 0 atom stereocenters. The minimum Gasteiger partial charge on any atom is -0.493 e. The van der Waals surface area contributed by atoms with Crippen LogP contribution in [0.25, 0.3) is 0 Å². The second kappa shape index (κ2) is 12.7. The molecule has 0 unspecified atom stereocenters. The fourth-order valence-electron chi connectivity index (χ4n) is 3.42. The van der Waals surface area contributed by atoms with Crippen LogP contribution in [0.5, 0.6) is 23.0 Å². The van der Waals surface area contributed by atoms with Gasteiger partial charge in [-0.3, -0.25) is 14.4 Å². The fourth-order valence-corrected chi connectivity index (χ4v) is 3.60. The summed E-state index contributed by atoms with van der Waals surface area (Å²) in [6, 6.07) is 15.3. The summed E-state index contributed by atoms with van der Waals surface area (Å²) in [7, 11) is 1.45. The number of carbonyl (C=O) groups is 3. The van der Waals surface area contributed by atoms with Gasteiger partial charge in [-0.2, -0.15) is 5.10 Å². The minimum absolute atomic E-state index is 0.127. The van der Waals surface area contributed by atoms with Crippen molar-refractivity contribution in [3.05, 3.63) is 76.3 Å². The van der Waals surface area contributed by atoms with E-state index in [9.17, 15) is 14.4 Å². The van der Waals surface area contributed by atoms with Gasteiger partial charge in [0.05, 0.1) is 13.3 Å². The molecule has 0 aromatic heterocycles. The van der Waals surface area contributed by atoms with Crippen LogP contribution in [-0.4, -0.2) is 44.4 Å². The van der Waals surface area contributed by atoms with Crippen molar-refractivity contribution in [2.75, 3.05) is 25.8 Å². The van der Waals surface area contributed by atoms with Gasteiger partial charge in [0.1, 0.15) is 0 Å². The molecule has 4 rings (SSSR count). The lowest BCUT2D eigenvalue weighted by atomic mass is 10.2. The number of aryl methyl sites for hydroxylation is 1. The molecule has 1 aliphatic heterocycles. The number of nitrogens with one attached hydrogen (secondary N) is 3. The van der Waals surface area contributed by atoms with Crippen molar-refractivity contribution < 1.29 is 33.3 Å². The number of methoxy groups -OCH3 is 1. The molecule has 1 heterocycles. The summed E-state index contributed by atoms with van der Waals surface area (Å²) < 4.78 is 21.4. The number of carbonyl (C=O) groups excluding carboxylic acids is 3. The summed E-state index contributed by atoms with van der Waals surface area (Å²) in [5.41, 5.74) is 4.93. The lowest BCUT2D eigenvalue weighted by Gasteiger charge is -2.12. The predicted molar refractivity (Wildman–Crippen MR) is 143 cm³/mol. The van der Waals surface area contributed by atoms with E-state index < -0.39 is 11.8 Å². The van der Waals surface area contributed by atoms with Gasteiger partial charge < -0.3 is 29.6 Å². The quantitative estimate of drug-likeness (QED) is 0.211. The lowest BCUT2D eigenvalue weighted by Crippen LogP contribution is -2.37. The Labute approximate surface area is 229 Å². The van der Waals surface area contributed by atoms with Crippen LogP contribution in [0.15, 0.2) is 59.7 Å². The molecular weight excluding hydrogens is 528 g/mol. The van der Waals surface area contributed by atoms with Crippen molar-refractivity contribution in [3.63, 3.8) is 0 Å². The zero-order valence-corrected chi connectivity index (χ0v) is 21.8. The van der Waals surface area contributed by atoms with E-state index in [2.05, 4.69) is 21.2 Å². The molecule has 1 aliphatic rings. The summed E-state index contributed by atoms with van der Waals surface area (Å²) in [5.74, 6) is -0.267. The van der Waals surface area contributed by atoms with Gasteiger partial charge in [-0.1, -0.05) is 23.7 Å². The van der Waals surface area contributed by atoms with Crippen LogP contribution in [0.4, 0.5) is 5.69 Å². The Morgan fingerprint density at radius 3 is 2.62 bits per heavy atom. The average Bonchev–Trinajstić information content (AvgIpc) is 3.41. The van der Waals surface area contributed by atoms with Crippen molar-refractivity contribution in [2.24, 2.45) is 5.10 Å². The number of halogens is 1. The van der Waals surface area contributed by atoms with Gasteiger partial charge in [0.15, 0.2) is 29.6 Å². The normalized spacial score (nSPS) is 11.7. The van der Waals surface area contributed by atoms with Crippen molar-refractivity contribution in [1.82, 2.24) is 10.7 Å². The summed E-state index contributed by atoms with van der Waals surface area (Å²) in [5, 5.41) is 9.58. The van der Waals surface area contributed by atoms with Crippen LogP contribution in [0.3, 0.4) is 0 Å². The number of hydrogen-bond acceptors (Lipinski definition) is 8. The van der Waals surface area contributed by atoms with Crippen molar-refractivity contribution >= 4 is 41.2 Å². The van der Waals surface area contributed by atoms with Crippen LogP contribution >= 0.6 is 11.6 Å². The average molecular weight is 553 g/mol. The summed E-state index contributed by atoms with van der Waals surface area (Å²) in [6.45, 7) is 1.89. The number of hydrazone groups is 1. The molecular formula is C27H25ClN4O7. The Balaban J connectivity index is 1.25. The predicted octanol–water partition coefficient (Wildman–Crippen LogP) is 3.17. The Hall–Kier alpha value is -4.77. The maximum atomic E-state index is 12.3. The molecule has 0 bridgehead atoms. The lowest BCUT2D eigenvalue weighted by molar-refractivity contribution is -0.139. The van der Waals surface area contributed by atoms with Crippen LogP contribution < -0.4 is 35.0 Å². The molecule has 3 aromatic carbocycles. The van der Waals surface area contributed by atoms with E-state index in [1.165, 1.54) is 13.3 Å². The Bertz CT molecular complexity index is 1430. The van der Waals surface area contributed by atoms with E-state index >= 15 is 0 Å².